The number of hydrogen-bond acceptors (Lipinski definition) is 4. The van der Waals surface area contributed by atoms with Crippen molar-refractivity contribution < 1.29 is 9.53 Å². The second kappa shape index (κ2) is 4.40. The first-order valence-corrected chi connectivity index (χ1v) is 5.10. The van der Waals surface area contributed by atoms with Crippen molar-refractivity contribution in [3.63, 3.8) is 0 Å². The number of aromatic nitrogens is 1. The summed E-state index contributed by atoms with van der Waals surface area (Å²) >= 11 is 0. The highest BCUT2D eigenvalue weighted by Gasteiger charge is 2.18. The van der Waals surface area contributed by atoms with Gasteiger partial charge in [0.25, 0.3) is 0 Å². The van der Waals surface area contributed by atoms with E-state index in [0.717, 1.165) is 25.1 Å². The highest BCUT2D eigenvalue weighted by atomic mass is 16.5. The molecule has 0 amide bonds. The third-order valence-corrected chi connectivity index (χ3v) is 2.58. The molecule has 1 saturated heterocycles. The molecule has 0 saturated carbocycles. The third-order valence-electron chi connectivity index (χ3n) is 2.58. The molecule has 80 valence electrons. The van der Waals surface area contributed by atoms with Crippen molar-refractivity contribution in [2.24, 2.45) is 0 Å². The SMILES string of the molecule is COC(=O)c1cccc([C@@H]2CCCN2)n1. The van der Waals surface area contributed by atoms with Crippen LogP contribution in [0.25, 0.3) is 0 Å². The highest BCUT2D eigenvalue weighted by Crippen LogP contribution is 2.21. The molecule has 1 aromatic rings. The smallest absolute Gasteiger partial charge is 0.356 e. The summed E-state index contributed by atoms with van der Waals surface area (Å²) < 4.78 is 4.63. The lowest BCUT2D eigenvalue weighted by Gasteiger charge is -2.09. The van der Waals surface area contributed by atoms with Crippen molar-refractivity contribution >= 4 is 5.97 Å². The molecule has 0 spiro atoms. The van der Waals surface area contributed by atoms with Gasteiger partial charge in [-0.2, -0.15) is 0 Å². The Hall–Kier alpha value is -1.42. The van der Waals surface area contributed by atoms with Crippen LogP contribution >= 0.6 is 0 Å². The van der Waals surface area contributed by atoms with E-state index in [1.54, 1.807) is 6.07 Å². The molecular weight excluding hydrogens is 192 g/mol. The van der Waals surface area contributed by atoms with Crippen LogP contribution in [-0.4, -0.2) is 24.6 Å². The van der Waals surface area contributed by atoms with E-state index < -0.39 is 0 Å². The lowest BCUT2D eigenvalue weighted by Crippen LogP contribution is -2.16. The van der Waals surface area contributed by atoms with Gasteiger partial charge in [-0.3, -0.25) is 0 Å². The largest absolute Gasteiger partial charge is 0.464 e. The van der Waals surface area contributed by atoms with E-state index in [0.29, 0.717) is 5.69 Å². The van der Waals surface area contributed by atoms with Gasteiger partial charge in [0.15, 0.2) is 0 Å². The van der Waals surface area contributed by atoms with Crippen LogP contribution < -0.4 is 5.32 Å². The lowest BCUT2D eigenvalue weighted by molar-refractivity contribution is 0.0593. The van der Waals surface area contributed by atoms with Crippen LogP contribution in [0.1, 0.15) is 35.1 Å². The number of pyridine rings is 1. The van der Waals surface area contributed by atoms with Crippen LogP contribution in [0.2, 0.25) is 0 Å². The minimum atomic E-state index is -0.380. The molecule has 1 aromatic heterocycles. The number of rotatable bonds is 2. The number of carbonyl (C=O) groups is 1. The topological polar surface area (TPSA) is 51.2 Å². The van der Waals surface area contributed by atoms with E-state index in [1.165, 1.54) is 7.11 Å². The molecule has 2 rings (SSSR count). The van der Waals surface area contributed by atoms with E-state index in [2.05, 4.69) is 15.0 Å². The summed E-state index contributed by atoms with van der Waals surface area (Å²) in [5.74, 6) is -0.380. The first-order valence-electron chi connectivity index (χ1n) is 5.10. The fourth-order valence-corrected chi connectivity index (χ4v) is 1.80. The fourth-order valence-electron chi connectivity index (χ4n) is 1.80. The standard InChI is InChI=1S/C11H14N2O2/c1-15-11(14)10-5-2-4-9(13-10)8-6-3-7-12-8/h2,4-5,8,12H,3,6-7H2,1H3/t8-/m0/s1. The number of hydrogen-bond donors (Lipinski definition) is 1. The maximum absolute atomic E-state index is 11.3. The molecule has 0 unspecified atom stereocenters. The minimum Gasteiger partial charge on any atom is -0.464 e. The van der Waals surface area contributed by atoms with Crippen molar-refractivity contribution in [2.45, 2.75) is 18.9 Å². The maximum Gasteiger partial charge on any atom is 0.356 e. The van der Waals surface area contributed by atoms with E-state index >= 15 is 0 Å². The van der Waals surface area contributed by atoms with Crippen molar-refractivity contribution in [1.82, 2.24) is 10.3 Å². The zero-order chi connectivity index (χ0) is 10.7. The molecule has 2 heterocycles. The third kappa shape index (κ3) is 2.15. The van der Waals surface area contributed by atoms with Crippen LogP contribution in [-0.2, 0) is 4.74 Å². The molecule has 1 aliphatic heterocycles. The number of nitrogens with zero attached hydrogens (tertiary/aromatic N) is 1. The molecule has 0 radical (unpaired) electrons. The lowest BCUT2D eigenvalue weighted by atomic mass is 10.1. The Morgan fingerprint density at radius 2 is 2.47 bits per heavy atom. The Labute approximate surface area is 88.7 Å². The van der Waals surface area contributed by atoms with Crippen molar-refractivity contribution in [1.29, 1.82) is 0 Å². The summed E-state index contributed by atoms with van der Waals surface area (Å²) in [4.78, 5) is 15.6. The zero-order valence-electron chi connectivity index (χ0n) is 8.69. The molecule has 15 heavy (non-hydrogen) atoms. The molecule has 0 aromatic carbocycles. The van der Waals surface area contributed by atoms with Gasteiger partial charge in [-0.05, 0) is 31.5 Å². The summed E-state index contributed by atoms with van der Waals surface area (Å²) in [6.07, 6.45) is 2.24. The summed E-state index contributed by atoms with van der Waals surface area (Å²) in [5, 5.41) is 3.34. The van der Waals surface area contributed by atoms with Crippen molar-refractivity contribution in [3.8, 4) is 0 Å². The van der Waals surface area contributed by atoms with Crippen LogP contribution in [0.5, 0.6) is 0 Å². The van der Waals surface area contributed by atoms with Gasteiger partial charge in [0, 0.05) is 6.04 Å². The molecule has 4 heteroatoms. The quantitative estimate of drug-likeness (QED) is 0.741. The Morgan fingerprint density at radius 1 is 1.60 bits per heavy atom. The van der Waals surface area contributed by atoms with E-state index in [9.17, 15) is 4.79 Å². The van der Waals surface area contributed by atoms with Crippen LogP contribution in [0.15, 0.2) is 18.2 Å². The highest BCUT2D eigenvalue weighted by molar-refractivity contribution is 5.87. The molecule has 1 atom stereocenters. The number of nitrogens with one attached hydrogen (secondary N) is 1. The Kier molecular flexibility index (Phi) is 2.97. The maximum atomic E-state index is 11.3. The van der Waals surface area contributed by atoms with Gasteiger partial charge < -0.3 is 10.1 Å². The molecule has 1 fully saturated rings. The average molecular weight is 206 g/mol. The van der Waals surface area contributed by atoms with Crippen LogP contribution in [0.4, 0.5) is 0 Å². The number of methoxy groups -OCH3 is 1. The predicted octanol–water partition coefficient (Wildman–Crippen LogP) is 1.29. The van der Waals surface area contributed by atoms with Crippen molar-refractivity contribution in [3.05, 3.63) is 29.6 Å². The Morgan fingerprint density at radius 3 is 3.13 bits per heavy atom. The van der Waals surface area contributed by atoms with Gasteiger partial charge in [0.1, 0.15) is 5.69 Å². The number of ether oxygens (including phenoxy) is 1. The van der Waals surface area contributed by atoms with E-state index in [-0.39, 0.29) is 12.0 Å². The molecule has 0 bridgehead atoms. The second-order valence-corrected chi connectivity index (χ2v) is 3.59. The fraction of sp³-hybridized carbons (Fsp3) is 0.455. The van der Waals surface area contributed by atoms with E-state index in [4.69, 9.17) is 0 Å². The summed E-state index contributed by atoms with van der Waals surface area (Å²) in [6.45, 7) is 1.02. The molecule has 0 aliphatic carbocycles. The monoisotopic (exact) mass is 206 g/mol. The van der Waals surface area contributed by atoms with Gasteiger partial charge in [0.2, 0.25) is 0 Å². The summed E-state index contributed by atoms with van der Waals surface area (Å²) in [5.41, 5.74) is 1.30. The second-order valence-electron chi connectivity index (χ2n) is 3.59. The molecule has 1 N–H and O–H groups in total. The Balaban J connectivity index is 2.21. The predicted molar refractivity (Wildman–Crippen MR) is 55.6 cm³/mol. The minimum absolute atomic E-state index is 0.287. The van der Waals surface area contributed by atoms with Gasteiger partial charge in [-0.1, -0.05) is 6.07 Å². The first-order chi connectivity index (χ1) is 7.31. The summed E-state index contributed by atoms with van der Waals surface area (Å²) in [6, 6.07) is 5.74. The van der Waals surface area contributed by atoms with Gasteiger partial charge >= 0.3 is 5.97 Å². The molecular formula is C11H14N2O2. The molecule has 4 nitrogen and oxygen atoms in total. The molecule has 1 aliphatic rings. The van der Waals surface area contributed by atoms with Crippen LogP contribution in [0.3, 0.4) is 0 Å². The summed E-state index contributed by atoms with van der Waals surface area (Å²) in [7, 11) is 1.37. The zero-order valence-corrected chi connectivity index (χ0v) is 8.69. The normalized spacial score (nSPS) is 20.2. The first kappa shape index (κ1) is 10.1. The Bertz CT molecular complexity index is 359. The van der Waals surface area contributed by atoms with Crippen molar-refractivity contribution in [2.75, 3.05) is 13.7 Å². The van der Waals surface area contributed by atoms with E-state index in [1.807, 2.05) is 12.1 Å². The van der Waals surface area contributed by atoms with Gasteiger partial charge in [-0.25, -0.2) is 9.78 Å². The number of esters is 1. The number of carbonyl (C=O) groups excluding carboxylic acids is 1. The average Bonchev–Trinajstić information content (AvgIpc) is 2.82. The van der Waals surface area contributed by atoms with Crippen LogP contribution in [0, 0.1) is 0 Å². The van der Waals surface area contributed by atoms with Gasteiger partial charge in [-0.15, -0.1) is 0 Å². The van der Waals surface area contributed by atoms with Gasteiger partial charge in [0.05, 0.1) is 12.8 Å².